The Hall–Kier alpha value is -1.80. The van der Waals surface area contributed by atoms with Gasteiger partial charge in [0.1, 0.15) is 11.6 Å². The first-order valence-corrected chi connectivity index (χ1v) is 6.36. The summed E-state index contributed by atoms with van der Waals surface area (Å²) >= 11 is 5.97. The van der Waals surface area contributed by atoms with Crippen molar-refractivity contribution in [2.24, 2.45) is 5.73 Å². The van der Waals surface area contributed by atoms with Crippen molar-refractivity contribution in [3.8, 4) is 0 Å². The van der Waals surface area contributed by atoms with Crippen molar-refractivity contribution < 1.29 is 9.53 Å². The summed E-state index contributed by atoms with van der Waals surface area (Å²) in [7, 11) is 3.81. The number of nitrogens with two attached hydrogens (primary N) is 1. The summed E-state index contributed by atoms with van der Waals surface area (Å²) in [5.74, 6) is 0. The van der Waals surface area contributed by atoms with Gasteiger partial charge in [-0.05, 0) is 14.1 Å². The molecule has 1 aromatic rings. The Morgan fingerprint density at radius 3 is 2.90 bits per heavy atom. The highest BCUT2D eigenvalue weighted by atomic mass is 35.5. The number of hydrogen-bond acceptors (Lipinski definition) is 6. The number of nitrogens with one attached hydrogen (secondary N) is 1. The van der Waals surface area contributed by atoms with Crippen LogP contribution in [0.2, 0.25) is 5.02 Å². The monoisotopic (exact) mass is 303 g/mol. The van der Waals surface area contributed by atoms with Gasteiger partial charge in [-0.2, -0.15) is 5.10 Å². The van der Waals surface area contributed by atoms with Crippen LogP contribution in [0.15, 0.2) is 11.0 Å². The molecule has 0 radical (unpaired) electrons. The first-order chi connectivity index (χ1) is 9.41. The lowest BCUT2D eigenvalue weighted by molar-refractivity contribution is 0.161. The van der Waals surface area contributed by atoms with Crippen LogP contribution in [0.3, 0.4) is 0 Å². The second-order valence-corrected chi connectivity index (χ2v) is 4.68. The number of anilines is 1. The molecule has 0 aromatic carbocycles. The molecule has 1 heterocycles. The molecule has 20 heavy (non-hydrogen) atoms. The van der Waals surface area contributed by atoms with Crippen molar-refractivity contribution >= 4 is 23.4 Å². The Balaban J connectivity index is 2.64. The fourth-order valence-corrected chi connectivity index (χ4v) is 1.59. The normalized spacial score (nSPS) is 10.6. The average Bonchev–Trinajstić information content (AvgIpc) is 2.37. The maximum atomic E-state index is 11.9. The number of hydrogen-bond donors (Lipinski definition) is 2. The lowest BCUT2D eigenvalue weighted by atomic mass is 10.4. The topological polar surface area (TPSA) is 102 Å². The molecule has 0 saturated heterocycles. The van der Waals surface area contributed by atoms with Gasteiger partial charge < -0.3 is 20.7 Å². The summed E-state index contributed by atoms with van der Waals surface area (Å²) in [4.78, 5) is 24.3. The second kappa shape index (κ2) is 7.71. The Kier molecular flexibility index (Phi) is 6.26. The van der Waals surface area contributed by atoms with E-state index >= 15 is 0 Å². The van der Waals surface area contributed by atoms with Crippen molar-refractivity contribution in [1.29, 1.82) is 0 Å². The van der Waals surface area contributed by atoms with Crippen LogP contribution in [-0.4, -0.2) is 54.6 Å². The Labute approximate surface area is 121 Å². The van der Waals surface area contributed by atoms with Gasteiger partial charge in [0.2, 0.25) is 0 Å². The van der Waals surface area contributed by atoms with Crippen molar-refractivity contribution in [2.45, 2.75) is 6.54 Å². The first-order valence-electron chi connectivity index (χ1n) is 5.98. The molecule has 8 nitrogen and oxygen atoms in total. The fraction of sp³-hybridized carbons (Fsp3) is 0.545. The zero-order chi connectivity index (χ0) is 15.1. The molecule has 3 N–H and O–H groups in total. The van der Waals surface area contributed by atoms with Crippen molar-refractivity contribution in [2.75, 3.05) is 39.1 Å². The Morgan fingerprint density at radius 2 is 2.30 bits per heavy atom. The van der Waals surface area contributed by atoms with E-state index in [4.69, 9.17) is 17.3 Å². The van der Waals surface area contributed by atoms with E-state index in [-0.39, 0.29) is 23.7 Å². The van der Waals surface area contributed by atoms with E-state index in [9.17, 15) is 9.59 Å². The van der Waals surface area contributed by atoms with Gasteiger partial charge in [0.25, 0.3) is 5.56 Å². The summed E-state index contributed by atoms with van der Waals surface area (Å²) in [5.41, 5.74) is 4.85. The van der Waals surface area contributed by atoms with E-state index in [2.05, 4.69) is 15.2 Å². The number of carbonyl (C=O) groups excluding carboxylic acids is 1. The number of likely N-dealkylation sites (N-methyl/N-ethyl adjacent to an activating group) is 1. The molecule has 1 aromatic heterocycles. The standard InChI is InChI=1S/C11H18ClN5O3/c1-16(2)4-5-17-10(18)9(12)8(7-15-17)14-3-6-20-11(13)19/h7,14H,3-6H2,1-2H3,(H2,13,19). The number of halogens is 1. The molecule has 0 fully saturated rings. The van der Waals surface area contributed by atoms with Gasteiger partial charge >= 0.3 is 6.09 Å². The van der Waals surface area contributed by atoms with E-state index in [1.807, 2.05) is 19.0 Å². The van der Waals surface area contributed by atoms with E-state index in [0.29, 0.717) is 18.8 Å². The number of primary amides is 1. The van der Waals surface area contributed by atoms with Gasteiger partial charge in [-0.15, -0.1) is 0 Å². The maximum absolute atomic E-state index is 11.9. The van der Waals surface area contributed by atoms with Gasteiger partial charge in [0.15, 0.2) is 0 Å². The lowest BCUT2D eigenvalue weighted by Gasteiger charge is -2.12. The quantitative estimate of drug-likeness (QED) is 0.686. The largest absolute Gasteiger partial charge is 0.448 e. The van der Waals surface area contributed by atoms with E-state index in [1.54, 1.807) is 0 Å². The SMILES string of the molecule is CN(C)CCn1ncc(NCCOC(N)=O)c(Cl)c1=O. The van der Waals surface area contributed by atoms with Crippen LogP contribution in [-0.2, 0) is 11.3 Å². The molecular formula is C11H18ClN5O3. The van der Waals surface area contributed by atoms with E-state index in [1.165, 1.54) is 10.9 Å². The minimum atomic E-state index is -0.852. The molecule has 0 aliphatic carbocycles. The zero-order valence-electron chi connectivity index (χ0n) is 11.4. The van der Waals surface area contributed by atoms with Crippen LogP contribution in [0.1, 0.15) is 0 Å². The van der Waals surface area contributed by atoms with Gasteiger partial charge in [0.05, 0.1) is 18.4 Å². The van der Waals surface area contributed by atoms with Crippen LogP contribution in [0.5, 0.6) is 0 Å². The van der Waals surface area contributed by atoms with Crippen LogP contribution in [0.25, 0.3) is 0 Å². The third-order valence-electron chi connectivity index (χ3n) is 2.41. The third-order valence-corrected chi connectivity index (χ3v) is 2.77. The fourth-order valence-electron chi connectivity index (χ4n) is 1.38. The van der Waals surface area contributed by atoms with Crippen LogP contribution < -0.4 is 16.6 Å². The molecule has 1 amide bonds. The molecule has 0 bridgehead atoms. The van der Waals surface area contributed by atoms with E-state index in [0.717, 1.165) is 0 Å². The smallest absolute Gasteiger partial charge is 0.404 e. The van der Waals surface area contributed by atoms with Crippen LogP contribution >= 0.6 is 11.6 Å². The minimum absolute atomic E-state index is 0.0535. The number of carbonyl (C=O) groups is 1. The zero-order valence-corrected chi connectivity index (χ0v) is 12.2. The number of nitrogens with zero attached hydrogens (tertiary/aromatic N) is 3. The summed E-state index contributed by atoms with van der Waals surface area (Å²) in [6.07, 6.45) is 0.610. The van der Waals surface area contributed by atoms with Gasteiger partial charge in [-0.25, -0.2) is 9.48 Å². The molecule has 0 unspecified atom stereocenters. The number of aromatic nitrogens is 2. The second-order valence-electron chi connectivity index (χ2n) is 4.30. The third kappa shape index (κ3) is 5.06. The van der Waals surface area contributed by atoms with Crippen molar-refractivity contribution in [1.82, 2.24) is 14.7 Å². The molecule has 0 atom stereocenters. The number of ether oxygens (including phenoxy) is 1. The van der Waals surface area contributed by atoms with Crippen LogP contribution in [0, 0.1) is 0 Å². The van der Waals surface area contributed by atoms with E-state index < -0.39 is 6.09 Å². The molecule has 9 heteroatoms. The average molecular weight is 304 g/mol. The van der Waals surface area contributed by atoms with Crippen LogP contribution in [0.4, 0.5) is 10.5 Å². The van der Waals surface area contributed by atoms with Gasteiger partial charge in [-0.1, -0.05) is 11.6 Å². The molecule has 0 aliphatic heterocycles. The summed E-state index contributed by atoms with van der Waals surface area (Å²) in [6, 6.07) is 0. The van der Waals surface area contributed by atoms with Gasteiger partial charge in [0, 0.05) is 13.1 Å². The molecule has 0 saturated carbocycles. The Morgan fingerprint density at radius 1 is 1.60 bits per heavy atom. The maximum Gasteiger partial charge on any atom is 0.404 e. The Bertz CT molecular complexity index is 517. The van der Waals surface area contributed by atoms with Crippen molar-refractivity contribution in [3.05, 3.63) is 21.6 Å². The molecular weight excluding hydrogens is 286 g/mol. The molecule has 1 rings (SSSR count). The minimum Gasteiger partial charge on any atom is -0.448 e. The summed E-state index contributed by atoms with van der Waals surface area (Å²) < 4.78 is 5.85. The predicted octanol–water partition coefficient (Wildman–Crippen LogP) is -0.0345. The predicted molar refractivity (Wildman–Crippen MR) is 76.1 cm³/mol. The molecule has 0 aliphatic rings. The van der Waals surface area contributed by atoms with Gasteiger partial charge in [-0.3, -0.25) is 4.79 Å². The summed E-state index contributed by atoms with van der Waals surface area (Å²) in [5, 5.41) is 6.93. The highest BCUT2D eigenvalue weighted by molar-refractivity contribution is 6.32. The lowest BCUT2D eigenvalue weighted by Crippen LogP contribution is -2.29. The number of amides is 1. The van der Waals surface area contributed by atoms with Crippen molar-refractivity contribution in [3.63, 3.8) is 0 Å². The number of rotatable bonds is 7. The highest BCUT2D eigenvalue weighted by Crippen LogP contribution is 2.14. The molecule has 112 valence electrons. The highest BCUT2D eigenvalue weighted by Gasteiger charge is 2.09. The summed E-state index contributed by atoms with van der Waals surface area (Å²) in [6.45, 7) is 1.50. The first kappa shape index (κ1) is 16.3. The molecule has 0 spiro atoms.